The molecule has 1 heteroatoms. The molecule has 0 fully saturated rings. The van der Waals surface area contributed by atoms with E-state index in [0.717, 1.165) is 18.5 Å². The van der Waals surface area contributed by atoms with E-state index in [0.29, 0.717) is 0 Å². The van der Waals surface area contributed by atoms with Crippen molar-refractivity contribution in [1.82, 2.24) is 4.98 Å². The van der Waals surface area contributed by atoms with E-state index in [4.69, 9.17) is 4.98 Å². The van der Waals surface area contributed by atoms with Crippen LogP contribution in [0.4, 0.5) is 0 Å². The minimum atomic E-state index is 0.0113. The minimum absolute atomic E-state index is 0.0113. The van der Waals surface area contributed by atoms with Crippen molar-refractivity contribution >= 4 is 48.7 Å². The number of rotatable bonds is 3. The van der Waals surface area contributed by atoms with Crippen molar-refractivity contribution in [3.8, 4) is 33.5 Å². The average molecular weight is 626 g/mol. The number of fused-ring (bicyclic) bond motifs is 6. The number of nitrogens with zero attached hydrogens (tertiary/aromatic N) is 1. The largest absolute Gasteiger partial charge is 0.256 e. The van der Waals surface area contributed by atoms with Crippen molar-refractivity contribution in [2.24, 2.45) is 0 Å². The molecule has 8 aromatic rings. The summed E-state index contributed by atoms with van der Waals surface area (Å²) >= 11 is 0. The molecule has 1 aromatic heterocycles. The molecule has 0 radical (unpaired) electrons. The Morgan fingerprint density at radius 3 is 2.06 bits per heavy atom. The lowest BCUT2D eigenvalue weighted by atomic mass is 9.79. The maximum absolute atomic E-state index is 5.09. The molecule has 232 valence electrons. The summed E-state index contributed by atoms with van der Waals surface area (Å²) in [5.41, 5.74) is 13.1. The highest BCUT2D eigenvalue weighted by Gasteiger charge is 2.37. The fourth-order valence-electron chi connectivity index (χ4n) is 8.78. The molecule has 10 rings (SSSR count). The molecule has 0 unspecified atom stereocenters. The monoisotopic (exact) mass is 625 g/mol. The summed E-state index contributed by atoms with van der Waals surface area (Å²) in [6.45, 7) is 4.77. The molecule has 1 nitrogen and oxygen atoms in total. The zero-order valence-electron chi connectivity index (χ0n) is 27.8. The van der Waals surface area contributed by atoms with Gasteiger partial charge in [0, 0.05) is 22.6 Å². The highest BCUT2D eigenvalue weighted by Crippen LogP contribution is 2.52. The third-order valence-corrected chi connectivity index (χ3v) is 11.2. The maximum atomic E-state index is 5.09. The van der Waals surface area contributed by atoms with E-state index < -0.39 is 0 Å². The first-order valence-electron chi connectivity index (χ1n) is 17.4. The summed E-state index contributed by atoms with van der Waals surface area (Å²) in [5.74, 6) is 0. The van der Waals surface area contributed by atoms with Crippen LogP contribution in [0.3, 0.4) is 0 Å². The Morgan fingerprint density at radius 2 is 1.20 bits per heavy atom. The van der Waals surface area contributed by atoms with E-state index in [1.807, 2.05) is 6.20 Å². The second-order valence-corrected chi connectivity index (χ2v) is 14.2. The normalized spacial score (nSPS) is 15.0. The van der Waals surface area contributed by atoms with Crippen molar-refractivity contribution in [3.63, 3.8) is 0 Å². The van der Waals surface area contributed by atoms with Crippen LogP contribution in [0.1, 0.15) is 37.8 Å². The van der Waals surface area contributed by atoms with Gasteiger partial charge in [0.15, 0.2) is 0 Å². The third kappa shape index (κ3) is 4.22. The van der Waals surface area contributed by atoms with Gasteiger partial charge < -0.3 is 0 Å². The zero-order chi connectivity index (χ0) is 32.7. The molecule has 0 amide bonds. The van der Waals surface area contributed by atoms with Gasteiger partial charge in [-0.15, -0.1) is 0 Å². The Hall–Kier alpha value is -5.79. The molecule has 0 bridgehead atoms. The van der Waals surface area contributed by atoms with Gasteiger partial charge in [0.05, 0.1) is 5.69 Å². The molecule has 0 aliphatic heterocycles. The smallest absolute Gasteiger partial charge is 0.0792 e. The first-order chi connectivity index (χ1) is 24.1. The van der Waals surface area contributed by atoms with Crippen LogP contribution in [0.5, 0.6) is 0 Å². The van der Waals surface area contributed by atoms with E-state index in [9.17, 15) is 0 Å². The summed E-state index contributed by atoms with van der Waals surface area (Å²) in [5, 5.41) is 9.86. The van der Waals surface area contributed by atoms with Gasteiger partial charge in [0.25, 0.3) is 0 Å². The molecule has 0 N–H and O–H groups in total. The van der Waals surface area contributed by atoms with Gasteiger partial charge in [-0.1, -0.05) is 135 Å². The number of aromatic nitrogens is 1. The topological polar surface area (TPSA) is 12.9 Å². The molecule has 7 aromatic carbocycles. The van der Waals surface area contributed by atoms with Crippen molar-refractivity contribution in [1.29, 1.82) is 0 Å². The van der Waals surface area contributed by atoms with Crippen LogP contribution in [-0.2, 0) is 5.41 Å². The van der Waals surface area contributed by atoms with Gasteiger partial charge in [0.1, 0.15) is 0 Å². The van der Waals surface area contributed by atoms with E-state index in [1.165, 1.54) is 93.2 Å². The predicted octanol–water partition coefficient (Wildman–Crippen LogP) is 13.1. The Morgan fingerprint density at radius 1 is 0.531 bits per heavy atom. The lowest BCUT2D eigenvalue weighted by Crippen LogP contribution is -2.16. The molecule has 0 saturated heterocycles. The van der Waals surface area contributed by atoms with Crippen molar-refractivity contribution in [3.05, 3.63) is 169 Å². The highest BCUT2D eigenvalue weighted by molar-refractivity contribution is 6.23. The van der Waals surface area contributed by atoms with Gasteiger partial charge in [-0.3, -0.25) is 4.98 Å². The van der Waals surface area contributed by atoms with Gasteiger partial charge in [-0.25, -0.2) is 0 Å². The number of hydrogen-bond acceptors (Lipinski definition) is 1. The van der Waals surface area contributed by atoms with Gasteiger partial charge >= 0.3 is 0 Å². The highest BCUT2D eigenvalue weighted by atomic mass is 14.7. The Labute approximate surface area is 286 Å². The number of benzene rings is 7. The molecular formula is C48H35N. The Kier molecular flexibility index (Phi) is 6.11. The quantitative estimate of drug-likeness (QED) is 0.178. The van der Waals surface area contributed by atoms with Crippen molar-refractivity contribution < 1.29 is 0 Å². The number of hydrogen-bond donors (Lipinski definition) is 0. The molecule has 0 spiro atoms. The first kappa shape index (κ1) is 28.2. The van der Waals surface area contributed by atoms with E-state index in [-0.39, 0.29) is 5.41 Å². The van der Waals surface area contributed by atoms with Crippen LogP contribution < -0.4 is 0 Å². The Balaban J connectivity index is 1.31. The predicted molar refractivity (Wildman–Crippen MR) is 209 cm³/mol. The van der Waals surface area contributed by atoms with Gasteiger partial charge in [-0.05, 0) is 119 Å². The minimum Gasteiger partial charge on any atom is -0.256 e. The lowest BCUT2D eigenvalue weighted by Gasteiger charge is -2.24. The number of allylic oxidation sites excluding steroid dienone is 4. The second-order valence-electron chi connectivity index (χ2n) is 14.2. The summed E-state index contributed by atoms with van der Waals surface area (Å²) in [4.78, 5) is 5.09. The summed E-state index contributed by atoms with van der Waals surface area (Å²) in [6.07, 6.45) is 8.90. The first-order valence-corrected chi connectivity index (χ1v) is 17.4. The maximum Gasteiger partial charge on any atom is 0.0792 e. The van der Waals surface area contributed by atoms with Crippen molar-refractivity contribution in [2.75, 3.05) is 0 Å². The van der Waals surface area contributed by atoms with E-state index in [1.54, 1.807) is 0 Å². The van der Waals surface area contributed by atoms with E-state index >= 15 is 0 Å². The van der Waals surface area contributed by atoms with Crippen LogP contribution in [0.25, 0.3) is 82.2 Å². The van der Waals surface area contributed by atoms with Crippen LogP contribution in [0.2, 0.25) is 0 Å². The molecule has 49 heavy (non-hydrogen) atoms. The lowest BCUT2D eigenvalue weighted by molar-refractivity contribution is 0.651. The van der Waals surface area contributed by atoms with Gasteiger partial charge in [0.2, 0.25) is 0 Å². The molecule has 1 heterocycles. The second kappa shape index (κ2) is 10.6. The number of pyridine rings is 1. The van der Waals surface area contributed by atoms with Gasteiger partial charge in [-0.2, -0.15) is 0 Å². The summed E-state index contributed by atoms with van der Waals surface area (Å²) in [7, 11) is 0. The summed E-state index contributed by atoms with van der Waals surface area (Å²) in [6, 6.07) is 49.5. The molecule has 0 atom stereocenters. The summed E-state index contributed by atoms with van der Waals surface area (Å²) < 4.78 is 0. The fraction of sp³-hybridized carbons (Fsp3) is 0.104. The SMILES string of the molecule is CC1(C)C2=C(CCC=C2)c2cc(-c3c4ccccc4c(-c4nccc5ccccc45)c4ccc(-c5ccc6ccccc6c5)cc34)ccc21. The molecular weight excluding hydrogens is 591 g/mol. The van der Waals surface area contributed by atoms with Crippen LogP contribution in [-0.4, -0.2) is 4.98 Å². The fourth-order valence-corrected chi connectivity index (χ4v) is 8.78. The standard InChI is InChI=1S/C48H35N/c1-48(2)43-18-10-9-15-37(43)41-29-35(22-24-44(41)48)45-38-16-7-8-17-39(38)46(47-36-14-6-5-12-31(36)25-26-49-47)40-23-21-34(28-42(40)45)33-20-19-30-11-3-4-13-32(30)27-33/h3-8,10-14,16-29H,9,15H2,1-2H3. The zero-order valence-corrected chi connectivity index (χ0v) is 27.8. The van der Waals surface area contributed by atoms with E-state index in [2.05, 4.69) is 159 Å². The van der Waals surface area contributed by atoms with Crippen LogP contribution in [0, 0.1) is 0 Å². The Bertz CT molecular complexity index is 2730. The van der Waals surface area contributed by atoms with Crippen LogP contribution in [0.15, 0.2) is 157 Å². The van der Waals surface area contributed by atoms with Crippen molar-refractivity contribution in [2.45, 2.75) is 32.1 Å². The molecule has 2 aliphatic rings. The van der Waals surface area contributed by atoms with Crippen LogP contribution >= 0.6 is 0 Å². The molecule has 0 saturated carbocycles. The average Bonchev–Trinajstić information content (AvgIpc) is 3.38. The third-order valence-electron chi connectivity index (χ3n) is 11.2. The molecule has 2 aliphatic carbocycles.